The van der Waals surface area contributed by atoms with E-state index < -0.39 is 17.4 Å². The van der Waals surface area contributed by atoms with Gasteiger partial charge in [0.2, 0.25) is 17.7 Å². The highest BCUT2D eigenvalue weighted by Crippen LogP contribution is 2.44. The van der Waals surface area contributed by atoms with Crippen LogP contribution in [-0.4, -0.2) is 45.4 Å². The van der Waals surface area contributed by atoms with Crippen molar-refractivity contribution in [1.82, 2.24) is 15.4 Å². The second-order valence-corrected chi connectivity index (χ2v) is 9.41. The van der Waals surface area contributed by atoms with E-state index in [1.807, 2.05) is 13.8 Å². The predicted octanol–water partition coefficient (Wildman–Crippen LogP) is 3.13. The number of hydrogen-bond donors (Lipinski definition) is 3. The Morgan fingerprint density at radius 2 is 1.90 bits per heavy atom. The zero-order valence-corrected chi connectivity index (χ0v) is 18.5. The van der Waals surface area contributed by atoms with Crippen molar-refractivity contribution in [3.8, 4) is 0 Å². The van der Waals surface area contributed by atoms with Gasteiger partial charge in [0.15, 0.2) is 0 Å². The third kappa shape index (κ3) is 5.42. The number of carbonyl (C=O) groups excluding carboxylic acids is 3. The summed E-state index contributed by atoms with van der Waals surface area (Å²) in [4.78, 5) is 44.9. The number of pyridine rings is 1. The smallest absolute Gasteiger partial charge is 0.247 e. The van der Waals surface area contributed by atoms with Crippen molar-refractivity contribution in [2.24, 2.45) is 17.3 Å². The number of carbonyl (C=O) groups is 3. The van der Waals surface area contributed by atoms with E-state index in [1.165, 1.54) is 0 Å². The normalized spacial score (nSPS) is 23.1. The Labute approximate surface area is 183 Å². The van der Waals surface area contributed by atoms with Crippen LogP contribution in [0, 0.1) is 17.3 Å². The Balaban J connectivity index is 1.88. The van der Waals surface area contributed by atoms with Crippen molar-refractivity contribution >= 4 is 23.4 Å². The number of nitrogens with one attached hydrogen (secondary N) is 2. The standard InChI is InChI=1S/C23H34N4O4/c1-16(2)14-23(15-19(28)26-31)10-13-27(22(23)30)20(17-6-4-3-5-7-17)21(29)25-18-8-11-24-12-9-18/h8-9,11-12,16-17,20,31H,3-7,10,13-15H2,1-2H3,(H,26,28)(H,24,25,29). The van der Waals surface area contributed by atoms with Crippen molar-refractivity contribution in [3.63, 3.8) is 0 Å². The number of hydroxylamine groups is 1. The number of aromatic nitrogens is 1. The van der Waals surface area contributed by atoms with Crippen LogP contribution < -0.4 is 10.8 Å². The average Bonchev–Trinajstić information content (AvgIpc) is 3.05. The Kier molecular flexibility index (Phi) is 7.64. The van der Waals surface area contributed by atoms with Gasteiger partial charge in [0.1, 0.15) is 6.04 Å². The molecule has 3 rings (SSSR count). The summed E-state index contributed by atoms with van der Waals surface area (Å²) >= 11 is 0. The lowest BCUT2D eigenvalue weighted by molar-refractivity contribution is -0.147. The molecule has 1 aromatic rings. The lowest BCUT2D eigenvalue weighted by atomic mass is 9.75. The second kappa shape index (κ2) is 10.2. The van der Waals surface area contributed by atoms with Gasteiger partial charge in [0, 0.05) is 31.0 Å². The molecule has 0 bridgehead atoms. The predicted molar refractivity (Wildman–Crippen MR) is 116 cm³/mol. The minimum atomic E-state index is -0.884. The monoisotopic (exact) mass is 430 g/mol. The summed E-state index contributed by atoms with van der Waals surface area (Å²) in [6.45, 7) is 4.47. The highest BCUT2D eigenvalue weighted by Gasteiger charge is 2.52. The van der Waals surface area contributed by atoms with Gasteiger partial charge in [-0.05, 0) is 49.7 Å². The lowest BCUT2D eigenvalue weighted by Crippen LogP contribution is -2.52. The molecule has 0 aromatic carbocycles. The van der Waals surface area contributed by atoms with Crippen molar-refractivity contribution in [1.29, 1.82) is 0 Å². The van der Waals surface area contributed by atoms with Crippen LogP contribution >= 0.6 is 0 Å². The van der Waals surface area contributed by atoms with Gasteiger partial charge in [-0.1, -0.05) is 33.1 Å². The highest BCUT2D eigenvalue weighted by atomic mass is 16.5. The van der Waals surface area contributed by atoms with Crippen LogP contribution in [0.2, 0.25) is 0 Å². The third-order valence-electron chi connectivity index (χ3n) is 6.62. The SMILES string of the molecule is CC(C)CC1(CC(=O)NO)CCN(C(C(=O)Nc2ccncc2)C2CCCCC2)C1=O. The maximum absolute atomic E-state index is 13.7. The molecule has 2 aliphatic rings. The van der Waals surface area contributed by atoms with Crippen LogP contribution in [0.3, 0.4) is 0 Å². The van der Waals surface area contributed by atoms with Crippen LogP contribution in [-0.2, 0) is 14.4 Å². The van der Waals surface area contributed by atoms with Crippen LogP contribution in [0.15, 0.2) is 24.5 Å². The van der Waals surface area contributed by atoms with E-state index in [1.54, 1.807) is 34.9 Å². The fourth-order valence-electron chi connectivity index (χ4n) is 5.38. The molecule has 8 nitrogen and oxygen atoms in total. The van der Waals surface area contributed by atoms with E-state index in [4.69, 9.17) is 5.21 Å². The van der Waals surface area contributed by atoms with Crippen LogP contribution in [0.25, 0.3) is 0 Å². The van der Waals surface area contributed by atoms with Crippen molar-refractivity contribution in [2.45, 2.75) is 71.3 Å². The van der Waals surface area contributed by atoms with Gasteiger partial charge in [-0.25, -0.2) is 5.48 Å². The van der Waals surface area contributed by atoms with Gasteiger partial charge >= 0.3 is 0 Å². The summed E-state index contributed by atoms with van der Waals surface area (Å²) in [5, 5.41) is 12.0. The molecule has 1 aliphatic carbocycles. The topological polar surface area (TPSA) is 112 Å². The molecular formula is C23H34N4O4. The first-order chi connectivity index (χ1) is 14.9. The average molecular weight is 431 g/mol. The molecule has 3 amide bonds. The Morgan fingerprint density at radius 3 is 2.52 bits per heavy atom. The Bertz CT molecular complexity index is 779. The van der Waals surface area contributed by atoms with E-state index in [-0.39, 0.29) is 30.1 Å². The molecule has 170 valence electrons. The number of nitrogens with zero attached hydrogens (tertiary/aromatic N) is 2. The molecule has 8 heteroatoms. The molecule has 1 saturated carbocycles. The number of amides is 3. The molecule has 1 saturated heterocycles. The van der Waals surface area contributed by atoms with Crippen molar-refractivity contribution < 1.29 is 19.6 Å². The quantitative estimate of drug-likeness (QED) is 0.433. The number of hydrogen-bond acceptors (Lipinski definition) is 5. The summed E-state index contributed by atoms with van der Waals surface area (Å²) in [5.41, 5.74) is 1.45. The molecular weight excluding hydrogens is 396 g/mol. The molecule has 2 fully saturated rings. The number of rotatable bonds is 8. The molecule has 2 unspecified atom stereocenters. The summed E-state index contributed by atoms with van der Waals surface area (Å²) < 4.78 is 0. The van der Waals surface area contributed by atoms with E-state index in [0.29, 0.717) is 25.1 Å². The van der Waals surface area contributed by atoms with Gasteiger partial charge in [0.05, 0.1) is 5.41 Å². The minimum Gasteiger partial charge on any atom is -0.330 e. The largest absolute Gasteiger partial charge is 0.330 e. The summed E-state index contributed by atoms with van der Waals surface area (Å²) in [7, 11) is 0. The molecule has 3 N–H and O–H groups in total. The zero-order valence-electron chi connectivity index (χ0n) is 18.5. The summed E-state index contributed by atoms with van der Waals surface area (Å²) in [6, 6.07) is 2.90. The lowest BCUT2D eigenvalue weighted by Gasteiger charge is -2.37. The summed E-state index contributed by atoms with van der Waals surface area (Å²) in [5.74, 6) is -0.592. The molecule has 31 heavy (non-hydrogen) atoms. The van der Waals surface area contributed by atoms with E-state index in [9.17, 15) is 14.4 Å². The first-order valence-electron chi connectivity index (χ1n) is 11.3. The maximum Gasteiger partial charge on any atom is 0.247 e. The molecule has 2 heterocycles. The van der Waals surface area contributed by atoms with Gasteiger partial charge in [-0.2, -0.15) is 0 Å². The van der Waals surface area contributed by atoms with Crippen LogP contribution in [0.5, 0.6) is 0 Å². The molecule has 0 radical (unpaired) electrons. The van der Waals surface area contributed by atoms with Crippen molar-refractivity contribution in [2.75, 3.05) is 11.9 Å². The molecule has 1 aliphatic heterocycles. The van der Waals surface area contributed by atoms with Crippen molar-refractivity contribution in [3.05, 3.63) is 24.5 Å². The first kappa shape index (κ1) is 23.2. The summed E-state index contributed by atoms with van der Waals surface area (Å²) in [6.07, 6.45) is 9.28. The fourth-order valence-corrected chi connectivity index (χ4v) is 5.38. The molecule has 0 spiro atoms. The Hall–Kier alpha value is -2.48. The number of anilines is 1. The molecule has 2 atom stereocenters. The highest BCUT2D eigenvalue weighted by molar-refractivity contribution is 5.99. The fraction of sp³-hybridized carbons (Fsp3) is 0.652. The van der Waals surface area contributed by atoms with Crippen LogP contribution in [0.4, 0.5) is 5.69 Å². The molecule has 1 aromatic heterocycles. The zero-order chi connectivity index (χ0) is 22.4. The van der Waals surface area contributed by atoms with Gasteiger partial charge < -0.3 is 10.2 Å². The van der Waals surface area contributed by atoms with Crippen LogP contribution in [0.1, 0.15) is 65.2 Å². The minimum absolute atomic E-state index is 0.0691. The van der Waals surface area contributed by atoms with Gasteiger partial charge in [-0.3, -0.25) is 24.6 Å². The first-order valence-corrected chi connectivity index (χ1v) is 11.3. The van der Waals surface area contributed by atoms with E-state index in [0.717, 1.165) is 32.1 Å². The van der Waals surface area contributed by atoms with Gasteiger partial charge in [-0.15, -0.1) is 0 Å². The van der Waals surface area contributed by atoms with E-state index >= 15 is 0 Å². The number of likely N-dealkylation sites (tertiary alicyclic amines) is 1. The van der Waals surface area contributed by atoms with E-state index in [2.05, 4.69) is 10.3 Å². The van der Waals surface area contributed by atoms with Gasteiger partial charge in [0.25, 0.3) is 0 Å². The maximum atomic E-state index is 13.7. The third-order valence-corrected chi connectivity index (χ3v) is 6.62. The Morgan fingerprint density at radius 1 is 1.23 bits per heavy atom. The second-order valence-electron chi connectivity index (χ2n) is 9.41.